The monoisotopic (exact) mass is 662 g/mol. The molecule has 3 N–H and O–H groups in total. The Hall–Kier alpha value is -4.54. The number of halogens is 4. The molecule has 1 fully saturated rings. The first kappa shape index (κ1) is 30.1. The molecule has 8 nitrogen and oxygen atoms in total. The molecule has 7 rings (SSSR count). The number of nitrogens with zero attached hydrogens (tertiary/aromatic N) is 2. The van der Waals surface area contributed by atoms with Crippen molar-refractivity contribution in [3.63, 3.8) is 0 Å². The molecule has 0 radical (unpaired) electrons. The second-order valence-electron chi connectivity index (χ2n) is 11.8. The van der Waals surface area contributed by atoms with Crippen LogP contribution in [-0.4, -0.2) is 34.9 Å². The van der Waals surface area contributed by atoms with Gasteiger partial charge in [-0.1, -0.05) is 53.5 Å². The van der Waals surface area contributed by atoms with Crippen LogP contribution < -0.4 is 15.8 Å². The minimum absolute atomic E-state index is 0.0261. The Morgan fingerprint density at radius 1 is 1.04 bits per heavy atom. The molecule has 1 aliphatic carbocycles. The first-order valence-electron chi connectivity index (χ1n) is 14.6. The van der Waals surface area contributed by atoms with Crippen LogP contribution in [-0.2, 0) is 10.2 Å². The minimum atomic E-state index is -1.27. The maximum Gasteiger partial charge on any atom is 0.251 e. The lowest BCUT2D eigenvalue weighted by Gasteiger charge is -2.23. The average Bonchev–Trinajstić information content (AvgIpc) is 3.70. The van der Waals surface area contributed by atoms with Gasteiger partial charge in [-0.05, 0) is 49.6 Å². The van der Waals surface area contributed by atoms with E-state index in [9.17, 15) is 14.0 Å². The fourth-order valence-corrected chi connectivity index (χ4v) is 6.11. The number of rotatable bonds is 8. The van der Waals surface area contributed by atoms with Crippen LogP contribution in [0.5, 0.6) is 5.75 Å². The van der Waals surface area contributed by atoms with E-state index in [4.69, 9.17) is 43.1 Å². The summed E-state index contributed by atoms with van der Waals surface area (Å²) in [4.78, 5) is 35.5. The second kappa shape index (κ2) is 11.4. The SMILES string of the molecule is C[C@]1(C(N)=O)COc2c1cc([C@@H](CNC(=O)c1cc(Cl)c3nc(C4CC4)oc3c1)c1ccccc1)nc2-c1cc(Cl)c(F)cc1F. The molecule has 3 aromatic carbocycles. The molecule has 46 heavy (non-hydrogen) atoms. The molecule has 0 spiro atoms. The van der Waals surface area contributed by atoms with Gasteiger partial charge < -0.3 is 20.2 Å². The molecule has 1 saturated carbocycles. The van der Waals surface area contributed by atoms with Crippen molar-refractivity contribution in [3.05, 3.63) is 111 Å². The molecule has 0 unspecified atom stereocenters. The summed E-state index contributed by atoms with van der Waals surface area (Å²) in [6.07, 6.45) is 2.01. The van der Waals surface area contributed by atoms with Crippen LogP contribution in [0.2, 0.25) is 10.0 Å². The van der Waals surface area contributed by atoms with Crippen molar-refractivity contribution in [1.82, 2.24) is 15.3 Å². The van der Waals surface area contributed by atoms with Crippen LogP contribution in [0.4, 0.5) is 8.78 Å². The van der Waals surface area contributed by atoms with Crippen molar-refractivity contribution < 1.29 is 27.5 Å². The Morgan fingerprint density at radius 3 is 2.52 bits per heavy atom. The zero-order chi connectivity index (χ0) is 32.3. The first-order chi connectivity index (χ1) is 22.0. The highest BCUT2D eigenvalue weighted by Crippen LogP contribution is 2.47. The number of hydrogen-bond acceptors (Lipinski definition) is 6. The molecule has 2 atom stereocenters. The predicted molar refractivity (Wildman–Crippen MR) is 168 cm³/mol. The number of hydrogen-bond donors (Lipinski definition) is 2. The van der Waals surface area contributed by atoms with E-state index in [-0.39, 0.29) is 46.7 Å². The molecule has 3 heterocycles. The summed E-state index contributed by atoms with van der Waals surface area (Å²) in [5.41, 5.74) is 7.22. The van der Waals surface area contributed by atoms with Crippen LogP contribution in [0.25, 0.3) is 22.4 Å². The zero-order valence-corrected chi connectivity index (χ0v) is 25.9. The van der Waals surface area contributed by atoms with Crippen LogP contribution in [0.15, 0.2) is 65.1 Å². The number of nitrogens with two attached hydrogens (primary N) is 1. The van der Waals surface area contributed by atoms with E-state index in [1.165, 1.54) is 0 Å². The van der Waals surface area contributed by atoms with Gasteiger partial charge in [-0.15, -0.1) is 0 Å². The van der Waals surface area contributed by atoms with Crippen LogP contribution in [0.3, 0.4) is 0 Å². The molecule has 0 saturated heterocycles. The maximum absolute atomic E-state index is 15.3. The number of benzene rings is 3. The van der Waals surface area contributed by atoms with Gasteiger partial charge in [-0.3, -0.25) is 9.59 Å². The Kier molecular flexibility index (Phi) is 7.44. The molecule has 1 aliphatic heterocycles. The van der Waals surface area contributed by atoms with Gasteiger partial charge in [0.15, 0.2) is 11.5 Å². The van der Waals surface area contributed by atoms with E-state index in [1.54, 1.807) is 25.1 Å². The standard InChI is InChI=1S/C34H26Cl2F2N4O4/c1-34(33(39)44)15-45-30-21(34)12-26(41-28(30)19-11-22(35)25(38)13-24(19)37)20(16-5-3-2-4-6-16)14-40-31(43)18-9-23(36)29-27(10-18)46-32(42-29)17-7-8-17/h2-6,9-13,17,20H,7-8,14-15H2,1H3,(H2,39,44)(H,40,43)/t20-,34-/m0/s1. The van der Waals surface area contributed by atoms with Gasteiger partial charge in [-0.25, -0.2) is 18.7 Å². The van der Waals surface area contributed by atoms with Crippen molar-refractivity contribution in [1.29, 1.82) is 0 Å². The molecule has 2 aromatic heterocycles. The number of carbonyl (C=O) groups excluding carboxylic acids is 2. The lowest BCUT2D eigenvalue weighted by atomic mass is 9.81. The zero-order valence-electron chi connectivity index (χ0n) is 24.4. The van der Waals surface area contributed by atoms with Crippen LogP contribution in [0.1, 0.15) is 64.7 Å². The third-order valence-electron chi connectivity index (χ3n) is 8.58. The summed E-state index contributed by atoms with van der Waals surface area (Å²) in [5.74, 6) is -2.48. The van der Waals surface area contributed by atoms with Crippen molar-refractivity contribution in [2.75, 3.05) is 13.2 Å². The Bertz CT molecular complexity index is 2050. The molecule has 234 valence electrons. The summed E-state index contributed by atoms with van der Waals surface area (Å²) in [5, 5.41) is 2.95. The van der Waals surface area contributed by atoms with Gasteiger partial charge in [0.2, 0.25) is 5.91 Å². The maximum atomic E-state index is 15.3. The van der Waals surface area contributed by atoms with E-state index < -0.39 is 34.8 Å². The summed E-state index contributed by atoms with van der Waals surface area (Å²) in [6, 6.07) is 15.9. The largest absolute Gasteiger partial charge is 0.489 e. The second-order valence-corrected chi connectivity index (χ2v) is 12.6. The quantitative estimate of drug-likeness (QED) is 0.172. The Labute approximate surface area is 271 Å². The van der Waals surface area contributed by atoms with Crippen molar-refractivity contribution >= 4 is 46.1 Å². The number of carbonyl (C=O) groups is 2. The highest BCUT2D eigenvalue weighted by Gasteiger charge is 2.44. The number of nitrogens with one attached hydrogen (secondary N) is 1. The number of amides is 2. The third kappa shape index (κ3) is 5.25. The Morgan fingerprint density at radius 2 is 1.80 bits per heavy atom. The minimum Gasteiger partial charge on any atom is -0.489 e. The predicted octanol–water partition coefficient (Wildman–Crippen LogP) is 7.05. The molecular formula is C34H26Cl2F2N4O4. The van der Waals surface area contributed by atoms with E-state index in [1.807, 2.05) is 30.3 Å². The van der Waals surface area contributed by atoms with Gasteiger partial charge in [0, 0.05) is 41.1 Å². The number of oxazole rings is 1. The summed E-state index contributed by atoms with van der Waals surface area (Å²) >= 11 is 12.5. The van der Waals surface area contributed by atoms with Gasteiger partial charge >= 0.3 is 0 Å². The van der Waals surface area contributed by atoms with Crippen molar-refractivity contribution in [2.45, 2.75) is 37.0 Å². The average molecular weight is 664 g/mol. The molecule has 12 heteroatoms. The molecule has 5 aromatic rings. The third-order valence-corrected chi connectivity index (χ3v) is 9.16. The highest BCUT2D eigenvalue weighted by molar-refractivity contribution is 6.35. The van der Waals surface area contributed by atoms with Gasteiger partial charge in [-0.2, -0.15) is 0 Å². The Balaban J connectivity index is 1.30. The van der Waals surface area contributed by atoms with Crippen molar-refractivity contribution in [2.24, 2.45) is 5.73 Å². The number of aromatic nitrogens is 2. The number of primary amides is 1. The van der Waals surface area contributed by atoms with Crippen LogP contribution >= 0.6 is 23.2 Å². The summed E-state index contributed by atoms with van der Waals surface area (Å²) in [6.45, 7) is 1.57. The molecular weight excluding hydrogens is 637 g/mol. The van der Waals surface area contributed by atoms with E-state index in [0.717, 1.165) is 24.5 Å². The highest BCUT2D eigenvalue weighted by atomic mass is 35.5. The fraction of sp³-hybridized carbons (Fsp3) is 0.235. The van der Waals surface area contributed by atoms with E-state index in [0.29, 0.717) is 39.3 Å². The lowest BCUT2D eigenvalue weighted by Crippen LogP contribution is -2.40. The number of pyridine rings is 1. The van der Waals surface area contributed by atoms with Crippen LogP contribution in [0, 0.1) is 11.6 Å². The van der Waals surface area contributed by atoms with E-state index in [2.05, 4.69) is 10.3 Å². The summed E-state index contributed by atoms with van der Waals surface area (Å²) < 4.78 is 41.2. The normalized spacial score (nSPS) is 17.8. The van der Waals surface area contributed by atoms with Gasteiger partial charge in [0.25, 0.3) is 5.91 Å². The van der Waals surface area contributed by atoms with Crippen molar-refractivity contribution in [3.8, 4) is 17.0 Å². The molecule has 2 aliphatic rings. The lowest BCUT2D eigenvalue weighted by molar-refractivity contribution is -0.123. The molecule has 0 bridgehead atoms. The number of ether oxygens (including phenoxy) is 1. The fourth-order valence-electron chi connectivity index (χ4n) is 5.69. The molecule has 2 amide bonds. The number of fused-ring (bicyclic) bond motifs is 2. The first-order valence-corrected chi connectivity index (χ1v) is 15.3. The topological polar surface area (TPSA) is 120 Å². The van der Waals surface area contributed by atoms with Gasteiger partial charge in [0.1, 0.15) is 40.6 Å². The van der Waals surface area contributed by atoms with Gasteiger partial charge in [0.05, 0.1) is 15.7 Å². The van der Waals surface area contributed by atoms with E-state index >= 15 is 4.39 Å². The summed E-state index contributed by atoms with van der Waals surface area (Å²) in [7, 11) is 0. The smallest absolute Gasteiger partial charge is 0.251 e.